The van der Waals surface area contributed by atoms with Crippen molar-refractivity contribution in [3.8, 4) is 17.2 Å². The van der Waals surface area contributed by atoms with Crippen molar-refractivity contribution in [2.75, 3.05) is 13.7 Å². The third-order valence-corrected chi connectivity index (χ3v) is 5.51. The Morgan fingerprint density at radius 3 is 2.42 bits per heavy atom. The zero-order chi connectivity index (χ0) is 23.8. The van der Waals surface area contributed by atoms with Crippen LogP contribution in [-0.2, 0) is 4.79 Å². The summed E-state index contributed by atoms with van der Waals surface area (Å²) < 4.78 is 17.7. The Morgan fingerprint density at radius 2 is 1.73 bits per heavy atom. The number of carbonyl (C=O) groups is 2. The summed E-state index contributed by atoms with van der Waals surface area (Å²) in [6.07, 6.45) is 1.43. The number of nitrogens with one attached hydrogen (secondary N) is 1. The van der Waals surface area contributed by atoms with E-state index in [2.05, 4.69) is 42.4 Å². The first-order valence-electron chi connectivity index (χ1n) is 9.41. The maximum Gasteiger partial charge on any atom is 0.343 e. The van der Waals surface area contributed by atoms with Crippen LogP contribution in [-0.4, -0.2) is 31.8 Å². The second-order valence-corrected chi connectivity index (χ2v) is 8.67. The van der Waals surface area contributed by atoms with Crippen molar-refractivity contribution in [2.45, 2.75) is 0 Å². The van der Waals surface area contributed by atoms with Gasteiger partial charge in [-0.1, -0.05) is 27.5 Å². The van der Waals surface area contributed by atoms with Gasteiger partial charge in [0.15, 0.2) is 18.1 Å². The van der Waals surface area contributed by atoms with Crippen LogP contribution in [0, 0.1) is 0 Å². The van der Waals surface area contributed by atoms with E-state index in [1.54, 1.807) is 60.7 Å². The van der Waals surface area contributed by atoms with Gasteiger partial charge in [-0.05, 0) is 82.2 Å². The molecule has 0 unspecified atom stereocenters. The van der Waals surface area contributed by atoms with E-state index in [9.17, 15) is 9.59 Å². The van der Waals surface area contributed by atoms with Gasteiger partial charge in [0.1, 0.15) is 5.75 Å². The Kier molecular flexibility index (Phi) is 8.87. The fourth-order valence-electron chi connectivity index (χ4n) is 2.54. The van der Waals surface area contributed by atoms with Gasteiger partial charge in [-0.3, -0.25) is 4.79 Å². The standard InChI is InChI=1S/C23H17Br2ClN2O5/c1-31-21-10-14(2-8-20(21)33-23(30)15-3-5-16(24)6-4-15)12-27-28-22(29)13-32-19-9-7-17(26)11-18(19)25/h2-12H,13H2,1H3,(H,28,29)/b27-12+. The number of hydrazone groups is 1. The smallest absolute Gasteiger partial charge is 0.343 e. The zero-order valence-corrected chi connectivity index (χ0v) is 21.1. The molecule has 170 valence electrons. The molecule has 7 nitrogen and oxygen atoms in total. The lowest BCUT2D eigenvalue weighted by Gasteiger charge is -2.10. The van der Waals surface area contributed by atoms with Crippen molar-refractivity contribution < 1.29 is 23.8 Å². The molecule has 3 rings (SSSR count). The van der Waals surface area contributed by atoms with E-state index in [-0.39, 0.29) is 12.4 Å². The number of halogens is 3. The molecule has 0 fully saturated rings. The van der Waals surface area contributed by atoms with Crippen LogP contribution in [0.4, 0.5) is 0 Å². The highest BCUT2D eigenvalue weighted by molar-refractivity contribution is 9.10. The second kappa shape index (κ2) is 11.8. The average molecular weight is 597 g/mol. The highest BCUT2D eigenvalue weighted by Gasteiger charge is 2.13. The minimum Gasteiger partial charge on any atom is -0.493 e. The van der Waals surface area contributed by atoms with Gasteiger partial charge in [-0.2, -0.15) is 5.10 Å². The van der Waals surface area contributed by atoms with Crippen LogP contribution in [0.15, 0.2) is 74.7 Å². The van der Waals surface area contributed by atoms with E-state index in [1.807, 2.05) is 0 Å². The molecular formula is C23H17Br2ClN2O5. The third kappa shape index (κ3) is 7.31. The van der Waals surface area contributed by atoms with Crippen molar-refractivity contribution >= 4 is 61.6 Å². The van der Waals surface area contributed by atoms with E-state index >= 15 is 0 Å². The maximum atomic E-state index is 12.3. The Bertz CT molecular complexity index is 1190. The fourth-order valence-corrected chi connectivity index (χ4v) is 3.60. The monoisotopic (exact) mass is 594 g/mol. The first kappa shape index (κ1) is 24.8. The lowest BCUT2D eigenvalue weighted by Crippen LogP contribution is -2.24. The lowest BCUT2D eigenvalue weighted by molar-refractivity contribution is -0.123. The fraction of sp³-hybridized carbons (Fsp3) is 0.0870. The van der Waals surface area contributed by atoms with Crippen LogP contribution in [0.2, 0.25) is 5.02 Å². The van der Waals surface area contributed by atoms with Gasteiger partial charge in [0.05, 0.1) is 23.4 Å². The Labute approximate surface area is 211 Å². The lowest BCUT2D eigenvalue weighted by atomic mass is 10.2. The summed E-state index contributed by atoms with van der Waals surface area (Å²) in [5.74, 6) is 0.124. The van der Waals surface area contributed by atoms with E-state index < -0.39 is 11.9 Å². The summed E-state index contributed by atoms with van der Waals surface area (Å²) in [4.78, 5) is 24.3. The molecule has 10 heteroatoms. The number of benzene rings is 3. The SMILES string of the molecule is COc1cc(/C=N/NC(=O)COc2ccc(Cl)cc2Br)ccc1OC(=O)c1ccc(Br)cc1. The molecule has 1 N–H and O–H groups in total. The number of hydrogen-bond donors (Lipinski definition) is 1. The summed E-state index contributed by atoms with van der Waals surface area (Å²) in [6, 6.07) is 16.7. The quantitative estimate of drug-likeness (QED) is 0.158. The number of ether oxygens (including phenoxy) is 3. The predicted octanol–water partition coefficient (Wildman–Crippen LogP) is 5.62. The molecule has 0 heterocycles. The minimum absolute atomic E-state index is 0.230. The Morgan fingerprint density at radius 1 is 1.00 bits per heavy atom. The van der Waals surface area contributed by atoms with Gasteiger partial charge in [-0.25, -0.2) is 10.2 Å². The molecule has 0 atom stereocenters. The number of rotatable bonds is 8. The number of hydrogen-bond acceptors (Lipinski definition) is 6. The number of amides is 1. The number of esters is 1. The van der Waals surface area contributed by atoms with Crippen LogP contribution in [0.1, 0.15) is 15.9 Å². The zero-order valence-electron chi connectivity index (χ0n) is 17.2. The van der Waals surface area contributed by atoms with Gasteiger partial charge in [0, 0.05) is 9.50 Å². The Balaban J connectivity index is 1.56. The molecule has 0 saturated heterocycles. The van der Waals surface area contributed by atoms with Gasteiger partial charge < -0.3 is 14.2 Å². The predicted molar refractivity (Wildman–Crippen MR) is 132 cm³/mol. The minimum atomic E-state index is -0.512. The highest BCUT2D eigenvalue weighted by Crippen LogP contribution is 2.29. The van der Waals surface area contributed by atoms with Crippen LogP contribution in [0.5, 0.6) is 17.2 Å². The Hall–Kier alpha value is -2.88. The van der Waals surface area contributed by atoms with Crippen molar-refractivity contribution in [1.82, 2.24) is 5.43 Å². The number of methoxy groups -OCH3 is 1. The van der Waals surface area contributed by atoms with Gasteiger partial charge >= 0.3 is 5.97 Å². The second-order valence-electron chi connectivity index (χ2n) is 6.46. The summed E-state index contributed by atoms with van der Waals surface area (Å²) in [5.41, 5.74) is 3.40. The molecular weight excluding hydrogens is 580 g/mol. The molecule has 0 aliphatic carbocycles. The first-order chi connectivity index (χ1) is 15.9. The van der Waals surface area contributed by atoms with Crippen molar-refractivity contribution in [2.24, 2.45) is 5.10 Å². The van der Waals surface area contributed by atoms with Crippen LogP contribution < -0.4 is 19.6 Å². The highest BCUT2D eigenvalue weighted by atomic mass is 79.9. The molecule has 0 saturated carbocycles. The van der Waals surface area contributed by atoms with Crippen LogP contribution in [0.25, 0.3) is 0 Å². The molecule has 0 aliphatic rings. The van der Waals surface area contributed by atoms with Crippen molar-refractivity contribution in [3.05, 3.63) is 85.8 Å². The summed E-state index contributed by atoms with van der Waals surface area (Å²) >= 11 is 12.5. The van der Waals surface area contributed by atoms with Crippen LogP contribution in [0.3, 0.4) is 0 Å². The summed E-state index contributed by atoms with van der Waals surface area (Å²) in [6.45, 7) is -0.230. The van der Waals surface area contributed by atoms with E-state index in [0.29, 0.717) is 32.1 Å². The molecule has 0 radical (unpaired) electrons. The largest absolute Gasteiger partial charge is 0.493 e. The molecule has 1 amide bonds. The number of nitrogens with zero attached hydrogens (tertiary/aromatic N) is 1. The number of carbonyl (C=O) groups excluding carboxylic acids is 2. The van der Waals surface area contributed by atoms with Gasteiger partial charge in [0.25, 0.3) is 5.91 Å². The molecule has 0 aromatic heterocycles. The van der Waals surface area contributed by atoms with Crippen molar-refractivity contribution in [1.29, 1.82) is 0 Å². The molecule has 0 aliphatic heterocycles. The van der Waals surface area contributed by atoms with E-state index in [4.69, 9.17) is 25.8 Å². The summed E-state index contributed by atoms with van der Waals surface area (Å²) in [7, 11) is 1.46. The molecule has 3 aromatic rings. The van der Waals surface area contributed by atoms with Crippen LogP contribution >= 0.6 is 43.5 Å². The third-order valence-electron chi connectivity index (χ3n) is 4.13. The molecule has 0 spiro atoms. The first-order valence-corrected chi connectivity index (χ1v) is 11.4. The molecule has 33 heavy (non-hydrogen) atoms. The van der Waals surface area contributed by atoms with Gasteiger partial charge in [-0.15, -0.1) is 0 Å². The van der Waals surface area contributed by atoms with E-state index in [1.165, 1.54) is 13.3 Å². The molecule has 3 aromatic carbocycles. The topological polar surface area (TPSA) is 86.2 Å². The van der Waals surface area contributed by atoms with Gasteiger partial charge in [0.2, 0.25) is 0 Å². The summed E-state index contributed by atoms with van der Waals surface area (Å²) in [5, 5.41) is 4.46. The maximum absolute atomic E-state index is 12.3. The average Bonchev–Trinajstić information content (AvgIpc) is 2.79. The van der Waals surface area contributed by atoms with E-state index in [0.717, 1.165) is 4.47 Å². The molecule has 0 bridgehead atoms. The normalized spacial score (nSPS) is 10.7. The van der Waals surface area contributed by atoms with Crippen molar-refractivity contribution in [3.63, 3.8) is 0 Å².